The maximum Gasteiger partial charge on any atom is 0.0342 e. The van der Waals surface area contributed by atoms with E-state index in [1.165, 1.54) is 22.9 Å². The third-order valence-corrected chi connectivity index (χ3v) is 4.55. The number of hydrogen-bond donors (Lipinski definition) is 1. The first-order chi connectivity index (χ1) is 7.19. The highest BCUT2D eigenvalue weighted by Crippen LogP contribution is 2.31. The van der Waals surface area contributed by atoms with E-state index in [9.17, 15) is 0 Å². The van der Waals surface area contributed by atoms with Crippen LogP contribution in [0.25, 0.3) is 0 Å². The smallest absolute Gasteiger partial charge is 0.0342 e. The van der Waals surface area contributed by atoms with Crippen LogP contribution in [0.4, 0.5) is 0 Å². The molecule has 86 valence electrons. The lowest BCUT2D eigenvalue weighted by Gasteiger charge is -2.21. The number of nitrogens with one attached hydrogen (secondary N) is 1. The zero-order valence-electron chi connectivity index (χ0n) is 9.72. The maximum atomic E-state index is 3.62. The van der Waals surface area contributed by atoms with Gasteiger partial charge in [0.05, 0.1) is 0 Å². The molecule has 1 N–H and O–H groups in total. The summed E-state index contributed by atoms with van der Waals surface area (Å²) in [5.41, 5.74) is 1.42. The highest BCUT2D eigenvalue weighted by molar-refractivity contribution is 9.10. The van der Waals surface area contributed by atoms with Crippen molar-refractivity contribution < 1.29 is 0 Å². The molecule has 1 aromatic rings. The van der Waals surface area contributed by atoms with E-state index in [1.54, 1.807) is 11.3 Å². The van der Waals surface area contributed by atoms with Gasteiger partial charge in [0.1, 0.15) is 0 Å². The van der Waals surface area contributed by atoms with Crippen LogP contribution in [-0.4, -0.2) is 6.54 Å². The first-order valence-corrected chi connectivity index (χ1v) is 7.37. The van der Waals surface area contributed by atoms with Gasteiger partial charge in [0.2, 0.25) is 0 Å². The predicted molar refractivity (Wildman–Crippen MR) is 72.5 cm³/mol. The van der Waals surface area contributed by atoms with Crippen LogP contribution in [0.3, 0.4) is 0 Å². The van der Waals surface area contributed by atoms with Crippen LogP contribution >= 0.6 is 27.3 Å². The first-order valence-electron chi connectivity index (χ1n) is 5.63. The van der Waals surface area contributed by atoms with Crippen LogP contribution < -0.4 is 5.32 Å². The summed E-state index contributed by atoms with van der Waals surface area (Å²) >= 11 is 5.39. The van der Waals surface area contributed by atoms with Crippen molar-refractivity contribution >= 4 is 27.3 Å². The molecule has 1 rings (SSSR count). The van der Waals surface area contributed by atoms with Crippen LogP contribution in [0.5, 0.6) is 0 Å². The van der Waals surface area contributed by atoms with Crippen molar-refractivity contribution in [1.29, 1.82) is 0 Å². The summed E-state index contributed by atoms with van der Waals surface area (Å²) in [6, 6.07) is 0.505. The van der Waals surface area contributed by atoms with Crippen molar-refractivity contribution in [2.24, 2.45) is 5.92 Å². The Balaban J connectivity index is 2.69. The number of halogens is 1. The van der Waals surface area contributed by atoms with Gasteiger partial charge < -0.3 is 5.32 Å². The lowest BCUT2D eigenvalue weighted by atomic mass is 9.96. The monoisotopic (exact) mass is 289 g/mol. The van der Waals surface area contributed by atoms with E-state index in [-0.39, 0.29) is 0 Å². The summed E-state index contributed by atoms with van der Waals surface area (Å²) in [5.74, 6) is 0.779. The molecule has 3 heteroatoms. The second kappa shape index (κ2) is 6.66. The van der Waals surface area contributed by atoms with Crippen LogP contribution in [0.15, 0.2) is 15.2 Å². The third-order valence-electron chi connectivity index (χ3n) is 2.80. The minimum Gasteiger partial charge on any atom is -0.310 e. The summed E-state index contributed by atoms with van der Waals surface area (Å²) in [5, 5.41) is 7.98. The fourth-order valence-corrected chi connectivity index (χ4v) is 3.30. The Kier molecular flexibility index (Phi) is 5.87. The van der Waals surface area contributed by atoms with Crippen molar-refractivity contribution in [1.82, 2.24) is 5.32 Å². The molecule has 0 saturated carbocycles. The zero-order chi connectivity index (χ0) is 11.3. The molecule has 0 radical (unpaired) electrons. The molecule has 0 saturated heterocycles. The molecule has 0 bridgehead atoms. The van der Waals surface area contributed by atoms with E-state index in [2.05, 4.69) is 52.8 Å². The largest absolute Gasteiger partial charge is 0.310 e. The summed E-state index contributed by atoms with van der Waals surface area (Å²) in [4.78, 5) is 0. The topological polar surface area (TPSA) is 12.0 Å². The van der Waals surface area contributed by atoms with E-state index in [4.69, 9.17) is 0 Å². The maximum absolute atomic E-state index is 3.62. The molecule has 0 amide bonds. The Labute approximate surface area is 105 Å². The zero-order valence-corrected chi connectivity index (χ0v) is 12.1. The average molecular weight is 290 g/mol. The van der Waals surface area contributed by atoms with Gasteiger partial charge in [-0.3, -0.25) is 0 Å². The Morgan fingerprint density at radius 1 is 1.40 bits per heavy atom. The quantitative estimate of drug-likeness (QED) is 0.807. The van der Waals surface area contributed by atoms with Crippen molar-refractivity contribution in [2.45, 2.75) is 39.7 Å². The van der Waals surface area contributed by atoms with Gasteiger partial charge in [-0.1, -0.05) is 27.2 Å². The first kappa shape index (κ1) is 13.2. The Morgan fingerprint density at radius 2 is 2.13 bits per heavy atom. The van der Waals surface area contributed by atoms with Gasteiger partial charge in [-0.2, -0.15) is 11.3 Å². The molecule has 0 aromatic carbocycles. The van der Waals surface area contributed by atoms with Gasteiger partial charge in [0.15, 0.2) is 0 Å². The minimum atomic E-state index is 0.505. The van der Waals surface area contributed by atoms with Crippen LogP contribution in [0, 0.1) is 5.92 Å². The standard InChI is InChI=1S/C12H20BrNS/c1-4-9(3)6-12(14-5-2)10-7-15-8-11(10)13/h7-9,12,14H,4-6H2,1-3H3. The number of rotatable bonds is 6. The van der Waals surface area contributed by atoms with Crippen molar-refractivity contribution in [3.8, 4) is 0 Å². The molecule has 2 unspecified atom stereocenters. The summed E-state index contributed by atoms with van der Waals surface area (Å²) in [6.07, 6.45) is 2.48. The number of hydrogen-bond acceptors (Lipinski definition) is 2. The molecule has 2 atom stereocenters. The molecule has 1 aromatic heterocycles. The van der Waals surface area contributed by atoms with E-state index in [0.717, 1.165) is 12.5 Å². The second-order valence-electron chi connectivity index (χ2n) is 4.03. The van der Waals surface area contributed by atoms with Gasteiger partial charge in [0.25, 0.3) is 0 Å². The molecule has 1 nitrogen and oxygen atoms in total. The average Bonchev–Trinajstić information content (AvgIpc) is 2.63. The van der Waals surface area contributed by atoms with Gasteiger partial charge in [0, 0.05) is 15.9 Å². The van der Waals surface area contributed by atoms with E-state index in [0.29, 0.717) is 6.04 Å². The molecule has 0 aliphatic rings. The highest BCUT2D eigenvalue weighted by atomic mass is 79.9. The lowest BCUT2D eigenvalue weighted by Crippen LogP contribution is -2.22. The summed E-state index contributed by atoms with van der Waals surface area (Å²) in [6.45, 7) is 7.79. The number of thiophene rings is 1. The van der Waals surface area contributed by atoms with Crippen molar-refractivity contribution in [3.63, 3.8) is 0 Å². The summed E-state index contributed by atoms with van der Waals surface area (Å²) < 4.78 is 1.25. The molecule has 0 fully saturated rings. The lowest BCUT2D eigenvalue weighted by molar-refractivity contribution is 0.408. The van der Waals surface area contributed by atoms with Gasteiger partial charge in [-0.05, 0) is 45.8 Å². The van der Waals surface area contributed by atoms with E-state index >= 15 is 0 Å². The highest BCUT2D eigenvalue weighted by Gasteiger charge is 2.16. The van der Waals surface area contributed by atoms with Gasteiger partial charge >= 0.3 is 0 Å². The molecule has 0 aliphatic heterocycles. The molecule has 15 heavy (non-hydrogen) atoms. The molecule has 1 heterocycles. The van der Waals surface area contributed by atoms with Gasteiger partial charge in [-0.25, -0.2) is 0 Å². The fraction of sp³-hybridized carbons (Fsp3) is 0.667. The fourth-order valence-electron chi connectivity index (χ4n) is 1.68. The Bertz CT molecular complexity index is 285. The van der Waals surface area contributed by atoms with Crippen LogP contribution in [0.2, 0.25) is 0 Å². The Hall–Kier alpha value is 0.140. The van der Waals surface area contributed by atoms with Crippen molar-refractivity contribution in [2.75, 3.05) is 6.54 Å². The molecule has 0 spiro atoms. The summed E-state index contributed by atoms with van der Waals surface area (Å²) in [7, 11) is 0. The predicted octanol–water partition coefficient (Wildman–Crippen LogP) is 4.60. The van der Waals surface area contributed by atoms with Crippen LogP contribution in [0.1, 0.15) is 45.2 Å². The molecule has 0 aliphatic carbocycles. The van der Waals surface area contributed by atoms with E-state index < -0.39 is 0 Å². The normalized spacial score (nSPS) is 15.2. The SMILES string of the molecule is CCNC(CC(C)CC)c1cscc1Br. The minimum absolute atomic E-state index is 0.505. The Morgan fingerprint density at radius 3 is 2.60 bits per heavy atom. The second-order valence-corrected chi connectivity index (χ2v) is 5.63. The third kappa shape index (κ3) is 3.89. The van der Waals surface area contributed by atoms with Crippen LogP contribution in [-0.2, 0) is 0 Å². The van der Waals surface area contributed by atoms with E-state index in [1.807, 2.05) is 0 Å². The van der Waals surface area contributed by atoms with Gasteiger partial charge in [-0.15, -0.1) is 0 Å². The molecular formula is C12H20BrNS. The van der Waals surface area contributed by atoms with Crippen molar-refractivity contribution in [3.05, 3.63) is 20.8 Å². The molecular weight excluding hydrogens is 270 g/mol.